The molecule has 0 aromatic carbocycles. The van der Waals surface area contributed by atoms with Crippen LogP contribution in [0.25, 0.3) is 0 Å². The lowest BCUT2D eigenvalue weighted by molar-refractivity contribution is -0.150. The maximum Gasteiger partial charge on any atom is 0.306 e. The minimum absolute atomic E-state index is 0.0521. The molecule has 1 unspecified atom stereocenters. The summed E-state index contributed by atoms with van der Waals surface area (Å²) in [5.41, 5.74) is 0. The van der Waals surface area contributed by atoms with Crippen LogP contribution in [0.2, 0.25) is 0 Å². The third kappa shape index (κ3) is 4.27. The van der Waals surface area contributed by atoms with Crippen molar-refractivity contribution >= 4 is 5.97 Å². The van der Waals surface area contributed by atoms with Crippen molar-refractivity contribution in [2.75, 3.05) is 13.1 Å². The second kappa shape index (κ2) is 5.22. The third-order valence-electron chi connectivity index (χ3n) is 2.12. The van der Waals surface area contributed by atoms with Gasteiger partial charge in [-0.05, 0) is 25.3 Å². The quantitative estimate of drug-likeness (QED) is 0.674. The number of hydrogen-bond donors (Lipinski definition) is 1. The van der Waals surface area contributed by atoms with Crippen LogP contribution >= 0.6 is 0 Å². The summed E-state index contributed by atoms with van der Waals surface area (Å²) in [5.74, 6) is 0.341. The van der Waals surface area contributed by atoms with E-state index in [0.717, 1.165) is 25.9 Å². The molecule has 1 aliphatic heterocycles. The van der Waals surface area contributed by atoms with Gasteiger partial charge in [-0.25, -0.2) is 0 Å². The lowest BCUT2D eigenvalue weighted by atomic mass is 10.1. The van der Waals surface area contributed by atoms with E-state index >= 15 is 0 Å². The van der Waals surface area contributed by atoms with E-state index in [0.29, 0.717) is 12.3 Å². The first-order valence-electron chi connectivity index (χ1n) is 5.08. The highest BCUT2D eigenvalue weighted by Crippen LogP contribution is 2.09. The van der Waals surface area contributed by atoms with E-state index in [1.807, 2.05) is 13.8 Å². The molecule has 0 saturated carbocycles. The first-order valence-corrected chi connectivity index (χ1v) is 5.08. The molecule has 76 valence electrons. The number of rotatable bonds is 3. The molecule has 0 aromatic heterocycles. The predicted octanol–water partition coefficient (Wildman–Crippen LogP) is 1.33. The van der Waals surface area contributed by atoms with Gasteiger partial charge in [-0.2, -0.15) is 0 Å². The van der Waals surface area contributed by atoms with Gasteiger partial charge >= 0.3 is 5.97 Å². The van der Waals surface area contributed by atoms with Gasteiger partial charge in [0.2, 0.25) is 0 Å². The van der Waals surface area contributed by atoms with Crippen LogP contribution in [-0.2, 0) is 9.53 Å². The first-order chi connectivity index (χ1) is 6.18. The molecule has 0 bridgehead atoms. The van der Waals surface area contributed by atoms with Crippen LogP contribution in [0.15, 0.2) is 0 Å². The van der Waals surface area contributed by atoms with Crippen molar-refractivity contribution < 1.29 is 9.53 Å². The second-order valence-corrected chi connectivity index (χ2v) is 4.06. The smallest absolute Gasteiger partial charge is 0.306 e. The van der Waals surface area contributed by atoms with E-state index in [1.54, 1.807) is 0 Å². The first kappa shape index (κ1) is 10.5. The van der Waals surface area contributed by atoms with E-state index in [1.165, 1.54) is 0 Å². The molecule has 13 heavy (non-hydrogen) atoms. The summed E-state index contributed by atoms with van der Waals surface area (Å²) in [6.45, 7) is 5.93. The zero-order valence-electron chi connectivity index (χ0n) is 8.51. The Morgan fingerprint density at radius 1 is 1.62 bits per heavy atom. The fourth-order valence-electron chi connectivity index (χ4n) is 1.49. The molecule has 1 fully saturated rings. The topological polar surface area (TPSA) is 38.3 Å². The van der Waals surface area contributed by atoms with Crippen molar-refractivity contribution in [2.45, 2.75) is 39.2 Å². The van der Waals surface area contributed by atoms with Gasteiger partial charge in [-0.3, -0.25) is 4.79 Å². The normalized spacial score (nSPS) is 23.2. The fourth-order valence-corrected chi connectivity index (χ4v) is 1.49. The lowest BCUT2D eigenvalue weighted by Gasteiger charge is -2.23. The minimum Gasteiger partial charge on any atom is -0.461 e. The highest BCUT2D eigenvalue weighted by molar-refractivity contribution is 5.69. The van der Waals surface area contributed by atoms with Crippen molar-refractivity contribution in [3.05, 3.63) is 0 Å². The van der Waals surface area contributed by atoms with Gasteiger partial charge in [0.05, 0.1) is 0 Å². The summed E-state index contributed by atoms with van der Waals surface area (Å²) in [6.07, 6.45) is 2.77. The van der Waals surface area contributed by atoms with Crippen LogP contribution in [0.5, 0.6) is 0 Å². The lowest BCUT2D eigenvalue weighted by Crippen LogP contribution is -2.36. The zero-order chi connectivity index (χ0) is 9.68. The molecule has 1 N–H and O–H groups in total. The highest BCUT2D eigenvalue weighted by atomic mass is 16.5. The van der Waals surface area contributed by atoms with Crippen molar-refractivity contribution in [3.63, 3.8) is 0 Å². The van der Waals surface area contributed by atoms with Crippen LogP contribution < -0.4 is 5.32 Å². The molecule has 1 atom stereocenters. The molecular weight excluding hydrogens is 166 g/mol. The van der Waals surface area contributed by atoms with Crippen LogP contribution in [-0.4, -0.2) is 25.2 Å². The number of carbonyl (C=O) groups excluding carboxylic acids is 1. The standard InChI is InChI=1S/C10H19NO2/c1-8(2)6-10(12)13-9-4-3-5-11-7-9/h8-9,11H,3-7H2,1-2H3. The SMILES string of the molecule is CC(C)CC(=O)OC1CCCNC1. The number of ether oxygens (including phenoxy) is 1. The van der Waals surface area contributed by atoms with Gasteiger partial charge in [-0.1, -0.05) is 13.8 Å². The van der Waals surface area contributed by atoms with E-state index in [-0.39, 0.29) is 12.1 Å². The molecule has 0 amide bonds. The van der Waals surface area contributed by atoms with E-state index < -0.39 is 0 Å². The summed E-state index contributed by atoms with van der Waals surface area (Å²) >= 11 is 0. The molecule has 3 heteroatoms. The summed E-state index contributed by atoms with van der Waals surface area (Å²) < 4.78 is 5.30. The number of nitrogens with one attached hydrogen (secondary N) is 1. The maximum absolute atomic E-state index is 11.3. The van der Waals surface area contributed by atoms with Gasteiger partial charge in [0.25, 0.3) is 0 Å². The van der Waals surface area contributed by atoms with Crippen molar-refractivity contribution in [2.24, 2.45) is 5.92 Å². The molecular formula is C10H19NO2. The predicted molar refractivity (Wildman–Crippen MR) is 51.4 cm³/mol. The number of esters is 1. The van der Waals surface area contributed by atoms with E-state index in [9.17, 15) is 4.79 Å². The molecule has 3 nitrogen and oxygen atoms in total. The van der Waals surface area contributed by atoms with E-state index in [2.05, 4.69) is 5.32 Å². The van der Waals surface area contributed by atoms with Crippen molar-refractivity contribution in [3.8, 4) is 0 Å². The Hall–Kier alpha value is -0.570. The average molecular weight is 185 g/mol. The van der Waals surface area contributed by atoms with Crippen molar-refractivity contribution in [1.29, 1.82) is 0 Å². The minimum atomic E-state index is -0.0521. The summed E-state index contributed by atoms with van der Waals surface area (Å²) in [5, 5.41) is 3.22. The average Bonchev–Trinajstić information content (AvgIpc) is 2.04. The molecule has 0 aliphatic carbocycles. The molecule has 1 rings (SSSR count). The molecule has 0 aromatic rings. The Kier molecular flexibility index (Phi) is 4.22. The van der Waals surface area contributed by atoms with Gasteiger partial charge in [0.15, 0.2) is 0 Å². The Labute approximate surface area is 79.8 Å². The van der Waals surface area contributed by atoms with Crippen LogP contribution in [0.4, 0.5) is 0 Å². The van der Waals surface area contributed by atoms with Gasteiger partial charge in [0.1, 0.15) is 6.10 Å². The third-order valence-corrected chi connectivity index (χ3v) is 2.12. The maximum atomic E-state index is 11.3. The fraction of sp³-hybridized carbons (Fsp3) is 0.900. The van der Waals surface area contributed by atoms with Crippen LogP contribution in [0.1, 0.15) is 33.1 Å². The Morgan fingerprint density at radius 3 is 2.92 bits per heavy atom. The largest absolute Gasteiger partial charge is 0.461 e. The number of piperidine rings is 1. The van der Waals surface area contributed by atoms with E-state index in [4.69, 9.17) is 4.74 Å². The van der Waals surface area contributed by atoms with Gasteiger partial charge in [-0.15, -0.1) is 0 Å². The Bertz CT molecular complexity index is 162. The monoisotopic (exact) mass is 185 g/mol. The second-order valence-electron chi connectivity index (χ2n) is 4.06. The molecule has 0 radical (unpaired) electrons. The van der Waals surface area contributed by atoms with Gasteiger partial charge < -0.3 is 10.1 Å². The Balaban J connectivity index is 2.18. The summed E-state index contributed by atoms with van der Waals surface area (Å²) in [4.78, 5) is 11.3. The Morgan fingerprint density at radius 2 is 2.38 bits per heavy atom. The highest BCUT2D eigenvalue weighted by Gasteiger charge is 2.17. The summed E-state index contributed by atoms with van der Waals surface area (Å²) in [7, 11) is 0. The zero-order valence-corrected chi connectivity index (χ0v) is 8.51. The summed E-state index contributed by atoms with van der Waals surface area (Å²) in [6, 6.07) is 0. The van der Waals surface area contributed by atoms with Gasteiger partial charge in [0, 0.05) is 13.0 Å². The number of carbonyl (C=O) groups is 1. The molecule has 0 spiro atoms. The van der Waals surface area contributed by atoms with Crippen LogP contribution in [0, 0.1) is 5.92 Å². The molecule has 1 heterocycles. The van der Waals surface area contributed by atoms with Crippen molar-refractivity contribution in [1.82, 2.24) is 5.32 Å². The molecule has 1 saturated heterocycles. The number of hydrogen-bond acceptors (Lipinski definition) is 3. The van der Waals surface area contributed by atoms with Crippen LogP contribution in [0.3, 0.4) is 0 Å². The molecule has 1 aliphatic rings.